The highest BCUT2D eigenvalue weighted by Gasteiger charge is 2.30. The second-order valence-electron chi connectivity index (χ2n) is 5.11. The van der Waals surface area contributed by atoms with Gasteiger partial charge in [-0.25, -0.2) is 4.79 Å². The first-order valence-corrected chi connectivity index (χ1v) is 7.20. The van der Waals surface area contributed by atoms with E-state index in [-0.39, 0.29) is 17.9 Å². The first kappa shape index (κ1) is 15.3. The number of anilines is 2. The van der Waals surface area contributed by atoms with E-state index in [0.29, 0.717) is 18.0 Å². The molecule has 0 heterocycles. The monoisotopic (exact) mass is 291 g/mol. The maximum atomic E-state index is 12.1. The Morgan fingerprint density at radius 1 is 1.19 bits per heavy atom. The third-order valence-corrected chi connectivity index (χ3v) is 3.58. The molecule has 0 spiro atoms. The van der Waals surface area contributed by atoms with Crippen molar-refractivity contribution in [1.82, 2.24) is 0 Å². The van der Waals surface area contributed by atoms with E-state index in [1.54, 1.807) is 31.2 Å². The molecular formula is C15H21N3O3. The van der Waals surface area contributed by atoms with Crippen molar-refractivity contribution in [2.24, 2.45) is 11.7 Å². The Labute approximate surface area is 124 Å². The molecule has 6 nitrogen and oxygen atoms in total. The van der Waals surface area contributed by atoms with Crippen LogP contribution in [0.5, 0.6) is 0 Å². The Balaban J connectivity index is 1.90. The number of carbonyl (C=O) groups is 2. The molecule has 0 aliphatic heterocycles. The Hall–Kier alpha value is -2.08. The van der Waals surface area contributed by atoms with Gasteiger partial charge in [0.2, 0.25) is 5.91 Å². The fourth-order valence-corrected chi connectivity index (χ4v) is 2.47. The van der Waals surface area contributed by atoms with Crippen molar-refractivity contribution in [3.63, 3.8) is 0 Å². The van der Waals surface area contributed by atoms with E-state index >= 15 is 0 Å². The van der Waals surface area contributed by atoms with Crippen molar-refractivity contribution in [2.75, 3.05) is 17.2 Å². The molecule has 0 radical (unpaired) electrons. The summed E-state index contributed by atoms with van der Waals surface area (Å²) in [7, 11) is 0. The molecule has 0 aromatic heterocycles. The lowest BCUT2D eigenvalue weighted by molar-refractivity contribution is -0.120. The Morgan fingerprint density at radius 3 is 2.33 bits per heavy atom. The highest BCUT2D eigenvalue weighted by Crippen LogP contribution is 2.25. The zero-order valence-electron chi connectivity index (χ0n) is 12.1. The lowest BCUT2D eigenvalue weighted by atomic mass is 10.0. The second kappa shape index (κ2) is 7.08. The number of hydrogen-bond acceptors (Lipinski definition) is 4. The van der Waals surface area contributed by atoms with Gasteiger partial charge in [-0.3, -0.25) is 10.1 Å². The van der Waals surface area contributed by atoms with Crippen LogP contribution in [0.15, 0.2) is 24.3 Å². The lowest BCUT2D eigenvalue weighted by Crippen LogP contribution is -2.34. The Bertz CT molecular complexity index is 501. The summed E-state index contributed by atoms with van der Waals surface area (Å²) < 4.78 is 4.79. The van der Waals surface area contributed by atoms with Crippen molar-refractivity contribution in [2.45, 2.75) is 32.2 Å². The van der Waals surface area contributed by atoms with Gasteiger partial charge in [0.25, 0.3) is 0 Å². The van der Waals surface area contributed by atoms with Crippen molar-refractivity contribution in [1.29, 1.82) is 0 Å². The van der Waals surface area contributed by atoms with Crippen LogP contribution in [0.1, 0.15) is 26.2 Å². The summed E-state index contributed by atoms with van der Waals surface area (Å²) >= 11 is 0. The molecule has 2 unspecified atom stereocenters. The van der Waals surface area contributed by atoms with E-state index in [4.69, 9.17) is 10.5 Å². The van der Waals surface area contributed by atoms with Gasteiger partial charge in [0.1, 0.15) is 0 Å². The molecule has 6 heteroatoms. The summed E-state index contributed by atoms with van der Waals surface area (Å²) in [6, 6.07) is 6.84. The number of ether oxygens (including phenoxy) is 1. The molecule has 21 heavy (non-hydrogen) atoms. The maximum Gasteiger partial charge on any atom is 0.411 e. The highest BCUT2D eigenvalue weighted by molar-refractivity contribution is 5.93. The zero-order chi connectivity index (χ0) is 15.2. The first-order chi connectivity index (χ1) is 10.1. The molecule has 0 bridgehead atoms. The van der Waals surface area contributed by atoms with E-state index < -0.39 is 6.09 Å². The first-order valence-electron chi connectivity index (χ1n) is 7.20. The fourth-order valence-electron chi connectivity index (χ4n) is 2.47. The third kappa shape index (κ3) is 4.19. The molecule has 2 rings (SSSR count). The SMILES string of the molecule is CCOC(=O)Nc1ccc(NC(=O)C2CCCC2N)cc1. The van der Waals surface area contributed by atoms with E-state index in [1.165, 1.54) is 0 Å². The van der Waals surface area contributed by atoms with Crippen molar-refractivity contribution in [3.8, 4) is 0 Å². The Kier molecular flexibility index (Phi) is 5.16. The molecule has 0 saturated heterocycles. The zero-order valence-corrected chi connectivity index (χ0v) is 12.1. The number of nitrogens with one attached hydrogen (secondary N) is 2. The van der Waals surface area contributed by atoms with E-state index in [1.807, 2.05) is 0 Å². The van der Waals surface area contributed by atoms with Gasteiger partial charge in [0.15, 0.2) is 0 Å². The maximum absolute atomic E-state index is 12.1. The summed E-state index contributed by atoms with van der Waals surface area (Å²) in [5, 5.41) is 5.45. The lowest BCUT2D eigenvalue weighted by Gasteiger charge is -2.15. The summed E-state index contributed by atoms with van der Waals surface area (Å²) in [5.74, 6) is -0.145. The third-order valence-electron chi connectivity index (χ3n) is 3.58. The number of carbonyl (C=O) groups excluding carboxylic acids is 2. The van der Waals surface area contributed by atoms with Crippen LogP contribution in [-0.4, -0.2) is 24.6 Å². The molecule has 1 saturated carbocycles. The largest absolute Gasteiger partial charge is 0.450 e. The Morgan fingerprint density at radius 2 is 1.81 bits per heavy atom. The van der Waals surface area contributed by atoms with Crippen LogP contribution < -0.4 is 16.4 Å². The predicted molar refractivity (Wildman–Crippen MR) is 81.0 cm³/mol. The average molecular weight is 291 g/mol. The number of hydrogen-bond donors (Lipinski definition) is 3. The normalized spacial score (nSPS) is 20.9. The van der Waals surface area contributed by atoms with E-state index in [0.717, 1.165) is 19.3 Å². The van der Waals surface area contributed by atoms with Gasteiger partial charge in [0.05, 0.1) is 12.5 Å². The minimum atomic E-state index is -0.494. The molecule has 1 aliphatic carbocycles. The van der Waals surface area contributed by atoms with Gasteiger partial charge in [-0.2, -0.15) is 0 Å². The summed E-state index contributed by atoms with van der Waals surface area (Å²) in [6.45, 7) is 2.06. The quantitative estimate of drug-likeness (QED) is 0.793. The fraction of sp³-hybridized carbons (Fsp3) is 0.467. The average Bonchev–Trinajstić information content (AvgIpc) is 2.87. The highest BCUT2D eigenvalue weighted by atomic mass is 16.5. The van der Waals surface area contributed by atoms with Crippen molar-refractivity contribution < 1.29 is 14.3 Å². The molecule has 1 fully saturated rings. The summed E-state index contributed by atoms with van der Waals surface area (Å²) in [5.41, 5.74) is 7.22. The number of rotatable bonds is 4. The molecule has 1 aromatic rings. The molecule has 2 atom stereocenters. The van der Waals surface area contributed by atoms with Crippen LogP contribution in [0.2, 0.25) is 0 Å². The minimum absolute atomic E-state index is 0.0360. The van der Waals surface area contributed by atoms with Crippen LogP contribution in [0.25, 0.3) is 0 Å². The van der Waals surface area contributed by atoms with Crippen LogP contribution in [0.4, 0.5) is 16.2 Å². The topological polar surface area (TPSA) is 93.5 Å². The molecule has 1 aromatic carbocycles. The number of amides is 2. The standard InChI is InChI=1S/C15H21N3O3/c1-2-21-15(20)18-11-8-6-10(7-9-11)17-14(19)12-4-3-5-13(12)16/h6-9,12-13H,2-5,16H2,1H3,(H,17,19)(H,18,20). The summed E-state index contributed by atoms with van der Waals surface area (Å²) in [4.78, 5) is 23.4. The molecule has 4 N–H and O–H groups in total. The second-order valence-corrected chi connectivity index (χ2v) is 5.11. The molecule has 2 amide bonds. The summed E-state index contributed by atoms with van der Waals surface area (Å²) in [6.07, 6.45) is 2.25. The van der Waals surface area contributed by atoms with Gasteiger partial charge in [-0.05, 0) is 44.0 Å². The van der Waals surface area contributed by atoms with Crippen LogP contribution in [0, 0.1) is 5.92 Å². The van der Waals surface area contributed by atoms with Gasteiger partial charge in [0, 0.05) is 17.4 Å². The van der Waals surface area contributed by atoms with Gasteiger partial charge in [-0.1, -0.05) is 6.42 Å². The van der Waals surface area contributed by atoms with Crippen LogP contribution in [0.3, 0.4) is 0 Å². The van der Waals surface area contributed by atoms with Crippen LogP contribution in [-0.2, 0) is 9.53 Å². The van der Waals surface area contributed by atoms with E-state index in [2.05, 4.69) is 10.6 Å². The van der Waals surface area contributed by atoms with Crippen LogP contribution >= 0.6 is 0 Å². The van der Waals surface area contributed by atoms with Gasteiger partial charge in [-0.15, -0.1) is 0 Å². The van der Waals surface area contributed by atoms with Gasteiger partial charge < -0.3 is 15.8 Å². The van der Waals surface area contributed by atoms with Crippen molar-refractivity contribution >= 4 is 23.4 Å². The van der Waals surface area contributed by atoms with E-state index in [9.17, 15) is 9.59 Å². The predicted octanol–water partition coefficient (Wildman–Crippen LogP) is 2.32. The van der Waals surface area contributed by atoms with Crippen molar-refractivity contribution in [3.05, 3.63) is 24.3 Å². The molecule has 114 valence electrons. The molecule has 1 aliphatic rings. The number of benzene rings is 1. The molecular weight excluding hydrogens is 270 g/mol. The number of nitrogens with two attached hydrogens (primary N) is 1. The van der Waals surface area contributed by atoms with Gasteiger partial charge >= 0.3 is 6.09 Å². The minimum Gasteiger partial charge on any atom is -0.450 e. The smallest absolute Gasteiger partial charge is 0.411 e.